The maximum atomic E-state index is 12.5. The minimum atomic E-state index is -1.21. The van der Waals surface area contributed by atoms with Crippen molar-refractivity contribution in [3.63, 3.8) is 0 Å². The van der Waals surface area contributed by atoms with Gasteiger partial charge >= 0.3 is 12.1 Å². The van der Waals surface area contributed by atoms with Gasteiger partial charge < -0.3 is 30.5 Å². The molecule has 1 aliphatic rings. The van der Waals surface area contributed by atoms with Crippen LogP contribution in [0.4, 0.5) is 4.79 Å². The number of carboxylic acid groups (broad SMARTS) is 1. The number of hydrogen-bond acceptors (Lipinski definition) is 6. The maximum absolute atomic E-state index is 12.5. The molecule has 0 saturated carbocycles. The van der Waals surface area contributed by atoms with Crippen LogP contribution >= 0.6 is 0 Å². The first kappa shape index (κ1) is 23.7. The van der Waals surface area contributed by atoms with Gasteiger partial charge in [0.2, 0.25) is 11.8 Å². The van der Waals surface area contributed by atoms with E-state index in [2.05, 4.69) is 10.6 Å². The summed E-state index contributed by atoms with van der Waals surface area (Å²) in [6.07, 6.45) is -1.11. The standard InChI is InChI=1S/C18H31N3O7/c1-6-10(2)14(20-17(27)28-18(3,4)5)15(24)19-8-13(23)21-9-11(22)7-12(21)16(25)26/h10-12,14,22H,6-9H2,1-5H3,(H,19,24)(H,20,27)(H,25,26)/t10-,11+,12-,14-/m0/s1. The van der Waals surface area contributed by atoms with Gasteiger partial charge in [0.15, 0.2) is 0 Å². The van der Waals surface area contributed by atoms with E-state index in [0.29, 0.717) is 6.42 Å². The van der Waals surface area contributed by atoms with E-state index in [1.807, 2.05) is 6.92 Å². The van der Waals surface area contributed by atoms with E-state index < -0.39 is 54.2 Å². The number of carbonyl (C=O) groups excluding carboxylic acids is 3. The normalized spacial score (nSPS) is 21.6. The van der Waals surface area contributed by atoms with Crippen LogP contribution in [0.15, 0.2) is 0 Å². The van der Waals surface area contributed by atoms with Crippen LogP contribution in [0.1, 0.15) is 47.5 Å². The second-order valence-electron chi connectivity index (χ2n) is 8.02. The quantitative estimate of drug-likeness (QED) is 0.473. The van der Waals surface area contributed by atoms with E-state index in [1.54, 1.807) is 27.7 Å². The number of nitrogens with one attached hydrogen (secondary N) is 2. The van der Waals surface area contributed by atoms with E-state index in [-0.39, 0.29) is 18.9 Å². The van der Waals surface area contributed by atoms with Crippen molar-refractivity contribution in [3.05, 3.63) is 0 Å². The topological polar surface area (TPSA) is 145 Å². The van der Waals surface area contributed by atoms with Gasteiger partial charge in [-0.15, -0.1) is 0 Å². The van der Waals surface area contributed by atoms with Gasteiger partial charge in [-0.25, -0.2) is 9.59 Å². The molecular weight excluding hydrogens is 370 g/mol. The minimum absolute atomic E-state index is 0.0509. The zero-order valence-corrected chi connectivity index (χ0v) is 17.0. The van der Waals surface area contributed by atoms with Crippen LogP contribution < -0.4 is 10.6 Å². The summed E-state index contributed by atoms with van der Waals surface area (Å²) in [7, 11) is 0. The number of likely N-dealkylation sites (tertiary alicyclic amines) is 1. The van der Waals surface area contributed by atoms with Gasteiger partial charge in [0.05, 0.1) is 12.6 Å². The minimum Gasteiger partial charge on any atom is -0.480 e. The zero-order chi connectivity index (χ0) is 21.6. The molecule has 10 heteroatoms. The number of aliphatic hydroxyl groups is 1. The van der Waals surface area contributed by atoms with Crippen molar-refractivity contribution < 1.29 is 34.1 Å². The number of carboxylic acids is 1. The van der Waals surface area contributed by atoms with Crippen LogP contribution in [-0.2, 0) is 19.1 Å². The van der Waals surface area contributed by atoms with Crippen LogP contribution in [0.25, 0.3) is 0 Å². The van der Waals surface area contributed by atoms with Crippen molar-refractivity contribution in [2.75, 3.05) is 13.1 Å². The Morgan fingerprint density at radius 2 is 1.86 bits per heavy atom. The Bertz CT molecular complexity index is 602. The second kappa shape index (κ2) is 9.72. The Hall–Kier alpha value is -2.36. The Morgan fingerprint density at radius 1 is 1.25 bits per heavy atom. The molecule has 1 saturated heterocycles. The first-order valence-electron chi connectivity index (χ1n) is 9.33. The summed E-state index contributed by atoms with van der Waals surface area (Å²) in [6.45, 7) is 8.21. The molecule has 0 aromatic rings. The summed E-state index contributed by atoms with van der Waals surface area (Å²) in [5.74, 6) is -2.61. The monoisotopic (exact) mass is 401 g/mol. The van der Waals surface area contributed by atoms with E-state index in [9.17, 15) is 24.3 Å². The SMILES string of the molecule is CC[C@H](C)[C@H](NC(=O)OC(C)(C)C)C(=O)NCC(=O)N1C[C@H](O)C[C@H]1C(=O)O. The fraction of sp³-hybridized carbons (Fsp3) is 0.778. The Labute approximate surface area is 164 Å². The summed E-state index contributed by atoms with van der Waals surface area (Å²) >= 11 is 0. The highest BCUT2D eigenvalue weighted by Crippen LogP contribution is 2.18. The summed E-state index contributed by atoms with van der Waals surface area (Å²) in [5, 5.41) is 23.7. The molecule has 1 heterocycles. The second-order valence-corrected chi connectivity index (χ2v) is 8.02. The molecule has 3 amide bonds. The van der Waals surface area contributed by atoms with Gasteiger partial charge in [-0.1, -0.05) is 20.3 Å². The number of hydrogen-bond donors (Lipinski definition) is 4. The number of aliphatic carboxylic acids is 1. The highest BCUT2D eigenvalue weighted by atomic mass is 16.6. The average Bonchev–Trinajstić information content (AvgIpc) is 2.97. The highest BCUT2D eigenvalue weighted by Gasteiger charge is 2.39. The highest BCUT2D eigenvalue weighted by molar-refractivity contribution is 5.91. The van der Waals surface area contributed by atoms with E-state index in [1.165, 1.54) is 0 Å². The molecule has 1 rings (SSSR count). The van der Waals surface area contributed by atoms with Gasteiger partial charge in [0.1, 0.15) is 17.7 Å². The average molecular weight is 401 g/mol. The van der Waals surface area contributed by atoms with Gasteiger partial charge in [0.25, 0.3) is 0 Å². The Balaban J connectivity index is 2.71. The summed E-state index contributed by atoms with van der Waals surface area (Å²) < 4.78 is 5.17. The smallest absolute Gasteiger partial charge is 0.408 e. The molecule has 4 atom stereocenters. The third-order valence-electron chi connectivity index (χ3n) is 4.47. The third kappa shape index (κ3) is 6.99. The molecule has 1 aliphatic heterocycles. The zero-order valence-electron chi connectivity index (χ0n) is 17.0. The first-order chi connectivity index (χ1) is 12.9. The lowest BCUT2D eigenvalue weighted by Gasteiger charge is -2.27. The van der Waals surface area contributed by atoms with Crippen molar-refractivity contribution in [2.45, 2.75) is 71.2 Å². The van der Waals surface area contributed by atoms with Gasteiger partial charge in [-0.3, -0.25) is 9.59 Å². The molecule has 4 N–H and O–H groups in total. The Morgan fingerprint density at radius 3 is 2.36 bits per heavy atom. The summed E-state index contributed by atoms with van der Waals surface area (Å²) in [4.78, 5) is 49.1. The number of amides is 3. The predicted molar refractivity (Wildman–Crippen MR) is 99.4 cm³/mol. The molecule has 0 aliphatic carbocycles. The number of carbonyl (C=O) groups is 4. The fourth-order valence-electron chi connectivity index (χ4n) is 2.83. The van der Waals surface area contributed by atoms with E-state index in [0.717, 1.165) is 4.90 Å². The molecule has 10 nitrogen and oxygen atoms in total. The molecule has 0 radical (unpaired) electrons. The predicted octanol–water partition coefficient (Wildman–Crippen LogP) is 0.0884. The number of alkyl carbamates (subject to hydrolysis) is 1. The van der Waals surface area contributed by atoms with Crippen LogP contribution in [0.2, 0.25) is 0 Å². The molecule has 0 unspecified atom stereocenters. The van der Waals surface area contributed by atoms with Crippen LogP contribution in [0.5, 0.6) is 0 Å². The van der Waals surface area contributed by atoms with Crippen LogP contribution in [0, 0.1) is 5.92 Å². The number of aliphatic hydroxyl groups excluding tert-OH is 1. The molecular formula is C18H31N3O7. The van der Waals surface area contributed by atoms with Gasteiger partial charge in [-0.05, 0) is 26.7 Å². The molecule has 0 spiro atoms. The number of ether oxygens (including phenoxy) is 1. The maximum Gasteiger partial charge on any atom is 0.408 e. The molecule has 0 aromatic carbocycles. The number of β-amino-alcohol motifs (C(OH)–C–C–N with tert-alkyl or cyclic N) is 1. The van der Waals surface area contributed by atoms with Crippen LogP contribution in [-0.4, -0.2) is 75.9 Å². The van der Waals surface area contributed by atoms with E-state index >= 15 is 0 Å². The van der Waals surface area contributed by atoms with Crippen molar-refractivity contribution in [1.29, 1.82) is 0 Å². The van der Waals surface area contributed by atoms with Gasteiger partial charge in [0, 0.05) is 13.0 Å². The number of nitrogens with zero attached hydrogens (tertiary/aromatic N) is 1. The van der Waals surface area contributed by atoms with E-state index in [4.69, 9.17) is 9.84 Å². The molecule has 0 bridgehead atoms. The Kier molecular flexibility index (Phi) is 8.22. The van der Waals surface area contributed by atoms with Gasteiger partial charge in [-0.2, -0.15) is 0 Å². The molecule has 160 valence electrons. The van der Waals surface area contributed by atoms with Crippen molar-refractivity contribution in [3.8, 4) is 0 Å². The molecule has 1 fully saturated rings. The molecule has 0 aromatic heterocycles. The lowest BCUT2D eigenvalue weighted by atomic mass is 9.98. The third-order valence-corrected chi connectivity index (χ3v) is 4.47. The summed E-state index contributed by atoms with van der Waals surface area (Å²) in [6, 6.07) is -2.03. The summed E-state index contributed by atoms with van der Waals surface area (Å²) in [5.41, 5.74) is -0.723. The fourth-order valence-corrected chi connectivity index (χ4v) is 2.83. The first-order valence-corrected chi connectivity index (χ1v) is 9.33. The molecule has 28 heavy (non-hydrogen) atoms. The van der Waals surface area contributed by atoms with Crippen molar-refractivity contribution in [2.24, 2.45) is 5.92 Å². The van der Waals surface area contributed by atoms with Crippen molar-refractivity contribution >= 4 is 23.9 Å². The largest absolute Gasteiger partial charge is 0.480 e. The van der Waals surface area contributed by atoms with Crippen molar-refractivity contribution in [1.82, 2.24) is 15.5 Å². The lowest BCUT2D eigenvalue weighted by Crippen LogP contribution is -2.53. The lowest BCUT2D eigenvalue weighted by molar-refractivity contribution is -0.148. The number of rotatable bonds is 7. The van der Waals surface area contributed by atoms with Crippen LogP contribution in [0.3, 0.4) is 0 Å².